The zero-order chi connectivity index (χ0) is 19.6. The number of hydrogen-bond donors (Lipinski definition) is 2. The van der Waals surface area contributed by atoms with Crippen LogP contribution in [0, 0.1) is 0 Å². The number of ether oxygens (including phenoxy) is 2. The molecule has 0 aromatic carbocycles. The van der Waals surface area contributed by atoms with Crippen LogP contribution in [0.5, 0.6) is 0 Å². The Balaban J connectivity index is 1.46. The van der Waals surface area contributed by atoms with Gasteiger partial charge in [-0.3, -0.25) is 24.4 Å². The second-order valence-corrected chi connectivity index (χ2v) is 6.87. The van der Waals surface area contributed by atoms with Gasteiger partial charge in [-0.1, -0.05) is 6.07 Å². The zero-order valence-electron chi connectivity index (χ0n) is 16.1. The van der Waals surface area contributed by atoms with Gasteiger partial charge in [0.05, 0.1) is 32.5 Å². The van der Waals surface area contributed by atoms with Crippen molar-refractivity contribution >= 4 is 11.8 Å². The Labute approximate surface area is 165 Å². The van der Waals surface area contributed by atoms with Crippen molar-refractivity contribution in [3.8, 4) is 0 Å². The summed E-state index contributed by atoms with van der Waals surface area (Å²) in [6, 6.07) is 3.83. The zero-order valence-corrected chi connectivity index (χ0v) is 16.1. The molecule has 2 N–H and O–H groups in total. The van der Waals surface area contributed by atoms with Gasteiger partial charge in [-0.2, -0.15) is 0 Å². The second-order valence-electron chi connectivity index (χ2n) is 6.87. The SMILES string of the molecule is O=C(NCCN1CCOCC1)C(=O)NC[C@H](c1cccnc1)N1CCOCC1. The van der Waals surface area contributed by atoms with Crippen LogP contribution in [0.3, 0.4) is 0 Å². The molecule has 9 nitrogen and oxygen atoms in total. The highest BCUT2D eigenvalue weighted by Gasteiger charge is 2.24. The molecule has 1 atom stereocenters. The van der Waals surface area contributed by atoms with Crippen molar-refractivity contribution < 1.29 is 19.1 Å². The number of carbonyl (C=O) groups is 2. The molecule has 0 radical (unpaired) electrons. The van der Waals surface area contributed by atoms with Crippen LogP contribution in [0.1, 0.15) is 11.6 Å². The predicted molar refractivity (Wildman–Crippen MR) is 103 cm³/mol. The molecule has 2 saturated heterocycles. The van der Waals surface area contributed by atoms with Gasteiger partial charge in [0.25, 0.3) is 0 Å². The van der Waals surface area contributed by atoms with E-state index in [1.165, 1.54) is 0 Å². The van der Waals surface area contributed by atoms with Gasteiger partial charge in [0.2, 0.25) is 0 Å². The summed E-state index contributed by atoms with van der Waals surface area (Å²) in [6.07, 6.45) is 3.52. The summed E-state index contributed by atoms with van der Waals surface area (Å²) in [6.45, 7) is 7.53. The van der Waals surface area contributed by atoms with E-state index in [-0.39, 0.29) is 6.04 Å². The molecule has 2 amide bonds. The highest BCUT2D eigenvalue weighted by atomic mass is 16.5. The average molecular weight is 391 g/mol. The molecule has 3 heterocycles. The number of amides is 2. The first-order chi connectivity index (χ1) is 13.7. The van der Waals surface area contributed by atoms with Gasteiger partial charge in [-0.15, -0.1) is 0 Å². The van der Waals surface area contributed by atoms with Gasteiger partial charge < -0.3 is 20.1 Å². The Hall–Kier alpha value is -2.07. The van der Waals surface area contributed by atoms with Crippen LogP contribution in [0.15, 0.2) is 24.5 Å². The molecular weight excluding hydrogens is 362 g/mol. The molecule has 28 heavy (non-hydrogen) atoms. The second kappa shape index (κ2) is 11.1. The number of morpholine rings is 2. The van der Waals surface area contributed by atoms with Crippen LogP contribution >= 0.6 is 0 Å². The molecule has 3 rings (SSSR count). The van der Waals surface area contributed by atoms with Gasteiger partial charge in [0, 0.05) is 58.2 Å². The van der Waals surface area contributed by atoms with Crippen molar-refractivity contribution in [1.82, 2.24) is 25.4 Å². The van der Waals surface area contributed by atoms with E-state index < -0.39 is 11.8 Å². The third-order valence-electron chi connectivity index (χ3n) is 5.04. The molecular formula is C19H29N5O4. The summed E-state index contributed by atoms with van der Waals surface area (Å²) in [5.74, 6) is -1.20. The molecule has 2 fully saturated rings. The third kappa shape index (κ3) is 6.23. The van der Waals surface area contributed by atoms with E-state index in [1.807, 2.05) is 12.1 Å². The Bertz CT molecular complexity index is 618. The van der Waals surface area contributed by atoms with Crippen LogP contribution < -0.4 is 10.6 Å². The first-order valence-electron chi connectivity index (χ1n) is 9.82. The van der Waals surface area contributed by atoms with Crippen LogP contribution in [-0.2, 0) is 19.1 Å². The molecule has 2 aliphatic heterocycles. The van der Waals surface area contributed by atoms with Crippen LogP contribution in [-0.4, -0.2) is 98.8 Å². The molecule has 1 aromatic rings. The number of pyridine rings is 1. The van der Waals surface area contributed by atoms with Crippen molar-refractivity contribution in [2.45, 2.75) is 6.04 Å². The van der Waals surface area contributed by atoms with E-state index in [9.17, 15) is 9.59 Å². The Morgan fingerprint density at radius 3 is 2.39 bits per heavy atom. The monoisotopic (exact) mass is 391 g/mol. The maximum absolute atomic E-state index is 12.2. The third-order valence-corrected chi connectivity index (χ3v) is 5.04. The van der Waals surface area contributed by atoms with Gasteiger partial charge in [-0.25, -0.2) is 0 Å². The minimum atomic E-state index is -0.607. The summed E-state index contributed by atoms with van der Waals surface area (Å²) in [5.41, 5.74) is 1.01. The van der Waals surface area contributed by atoms with Crippen molar-refractivity contribution in [2.24, 2.45) is 0 Å². The van der Waals surface area contributed by atoms with Gasteiger partial charge in [-0.05, 0) is 11.6 Å². The van der Waals surface area contributed by atoms with Crippen LogP contribution in [0.25, 0.3) is 0 Å². The Kier molecular flexibility index (Phi) is 8.16. The van der Waals surface area contributed by atoms with Gasteiger partial charge >= 0.3 is 11.8 Å². The summed E-state index contributed by atoms with van der Waals surface area (Å²) in [4.78, 5) is 33.0. The molecule has 0 unspecified atom stereocenters. The fraction of sp³-hybridized carbons (Fsp3) is 0.632. The first-order valence-corrected chi connectivity index (χ1v) is 9.82. The summed E-state index contributed by atoms with van der Waals surface area (Å²) in [7, 11) is 0. The molecule has 0 spiro atoms. The lowest BCUT2D eigenvalue weighted by atomic mass is 10.1. The van der Waals surface area contributed by atoms with E-state index in [0.717, 1.165) is 31.7 Å². The molecule has 1 aromatic heterocycles. The van der Waals surface area contributed by atoms with Crippen molar-refractivity contribution in [2.75, 3.05) is 72.2 Å². The Morgan fingerprint density at radius 1 is 1.04 bits per heavy atom. The molecule has 0 saturated carbocycles. The van der Waals surface area contributed by atoms with Crippen molar-refractivity contribution in [3.63, 3.8) is 0 Å². The van der Waals surface area contributed by atoms with Crippen molar-refractivity contribution in [3.05, 3.63) is 30.1 Å². The van der Waals surface area contributed by atoms with Crippen LogP contribution in [0.4, 0.5) is 0 Å². The largest absolute Gasteiger partial charge is 0.379 e. The summed E-state index contributed by atoms with van der Waals surface area (Å²) < 4.78 is 10.7. The number of nitrogens with zero attached hydrogens (tertiary/aromatic N) is 3. The van der Waals surface area contributed by atoms with Gasteiger partial charge in [0.15, 0.2) is 0 Å². The maximum Gasteiger partial charge on any atom is 0.309 e. The lowest BCUT2D eigenvalue weighted by Crippen LogP contribution is -2.48. The number of aromatic nitrogens is 1. The van der Waals surface area contributed by atoms with E-state index in [2.05, 4.69) is 25.4 Å². The van der Waals surface area contributed by atoms with E-state index in [1.54, 1.807) is 12.4 Å². The molecule has 0 aliphatic carbocycles. The predicted octanol–water partition coefficient (Wildman–Crippen LogP) is -0.980. The average Bonchev–Trinajstić information content (AvgIpc) is 2.76. The highest BCUT2D eigenvalue weighted by molar-refractivity contribution is 6.35. The molecule has 2 aliphatic rings. The highest BCUT2D eigenvalue weighted by Crippen LogP contribution is 2.20. The van der Waals surface area contributed by atoms with Crippen molar-refractivity contribution in [1.29, 1.82) is 0 Å². The Morgan fingerprint density at radius 2 is 1.71 bits per heavy atom. The fourth-order valence-electron chi connectivity index (χ4n) is 3.42. The standard InChI is InChI=1S/C19H29N5O4/c25-18(21-4-5-23-6-10-27-11-7-23)19(26)22-15-17(16-2-1-3-20-14-16)24-8-12-28-13-9-24/h1-3,14,17H,4-13,15H2,(H,21,25)(H,22,26)/t17-/m1/s1. The fourth-order valence-corrected chi connectivity index (χ4v) is 3.42. The number of rotatable bonds is 7. The van der Waals surface area contributed by atoms with Crippen LogP contribution in [0.2, 0.25) is 0 Å². The molecule has 154 valence electrons. The normalized spacial score (nSPS) is 19.7. The van der Waals surface area contributed by atoms with E-state index in [0.29, 0.717) is 46.1 Å². The molecule has 0 bridgehead atoms. The topological polar surface area (TPSA) is 96.0 Å². The number of carbonyl (C=O) groups excluding carboxylic acids is 2. The number of nitrogens with one attached hydrogen (secondary N) is 2. The van der Waals surface area contributed by atoms with E-state index in [4.69, 9.17) is 9.47 Å². The van der Waals surface area contributed by atoms with E-state index >= 15 is 0 Å². The van der Waals surface area contributed by atoms with Gasteiger partial charge in [0.1, 0.15) is 0 Å². The molecule has 9 heteroatoms. The summed E-state index contributed by atoms with van der Waals surface area (Å²) in [5, 5.41) is 5.47. The first kappa shape index (κ1) is 20.7. The summed E-state index contributed by atoms with van der Waals surface area (Å²) >= 11 is 0. The quantitative estimate of drug-likeness (QED) is 0.577. The lowest BCUT2D eigenvalue weighted by Gasteiger charge is -2.34. The number of hydrogen-bond acceptors (Lipinski definition) is 7. The lowest BCUT2D eigenvalue weighted by molar-refractivity contribution is -0.139. The minimum Gasteiger partial charge on any atom is -0.379 e. The smallest absolute Gasteiger partial charge is 0.309 e. The minimum absolute atomic E-state index is 0.0392. The maximum atomic E-state index is 12.2.